The summed E-state index contributed by atoms with van der Waals surface area (Å²) in [5.74, 6) is -2.44. The maximum Gasteiger partial charge on any atom is 0.268 e. The molecule has 0 bridgehead atoms. The average molecular weight is 1550 g/mol. The quantitative estimate of drug-likeness (QED) is 0.0565. The van der Waals surface area contributed by atoms with Gasteiger partial charge in [0.1, 0.15) is 50.5 Å². The van der Waals surface area contributed by atoms with Gasteiger partial charge in [0.15, 0.2) is 0 Å². The number of benzene rings is 4. The van der Waals surface area contributed by atoms with Crippen LogP contribution in [0.15, 0.2) is 211 Å². The lowest BCUT2D eigenvalue weighted by Crippen LogP contribution is -2.13. The number of hydrogen-bond acceptors (Lipinski definition) is 20. The van der Waals surface area contributed by atoms with Crippen molar-refractivity contribution < 1.29 is 28.0 Å². The molecule has 0 aliphatic carbocycles. The Morgan fingerprint density at radius 2 is 0.796 bits per heavy atom. The molecule has 4 amide bonds. The van der Waals surface area contributed by atoms with Crippen LogP contribution in [0.4, 0.5) is 54.3 Å². The van der Waals surface area contributed by atoms with Crippen molar-refractivity contribution in [1.82, 2.24) is 24.9 Å². The first-order valence-electron chi connectivity index (χ1n) is 30.5. The molecule has 512 valence electrons. The van der Waals surface area contributed by atoms with Crippen LogP contribution in [0.1, 0.15) is 44.3 Å². The van der Waals surface area contributed by atoms with E-state index < -0.39 is 17.5 Å². The van der Waals surface area contributed by atoms with Crippen LogP contribution in [-0.4, -0.2) is 48.5 Å². The number of anilines is 8. The van der Waals surface area contributed by atoms with Crippen LogP contribution < -0.4 is 44.2 Å². The van der Waals surface area contributed by atoms with Crippen LogP contribution >= 0.6 is 114 Å². The lowest BCUT2D eigenvalue weighted by atomic mass is 10.1. The van der Waals surface area contributed by atoms with Crippen LogP contribution in [-0.2, 0) is 0 Å². The van der Waals surface area contributed by atoms with E-state index in [0.29, 0.717) is 78.7 Å². The highest BCUT2D eigenvalue weighted by Gasteiger charge is 2.24. The predicted molar refractivity (Wildman–Crippen MR) is 427 cm³/mol. The number of aromatic nitrogens is 5. The Labute approximate surface area is 628 Å². The molecule has 16 rings (SSSR count). The largest absolute Gasteiger partial charge is 0.397 e. The van der Waals surface area contributed by atoms with Crippen molar-refractivity contribution in [3.8, 4) is 43.0 Å². The molecule has 0 aliphatic heterocycles. The topological polar surface area (TPSA) is 285 Å². The number of pyridine rings is 5. The molecule has 0 atom stereocenters. The van der Waals surface area contributed by atoms with E-state index in [1.54, 1.807) is 70.7 Å². The Bertz CT molecular complexity index is 5860. The summed E-state index contributed by atoms with van der Waals surface area (Å²) in [7, 11) is 0. The molecule has 12 aromatic heterocycles. The van der Waals surface area contributed by atoms with Crippen molar-refractivity contribution in [3.63, 3.8) is 0 Å². The third kappa shape index (κ3) is 16.2. The first kappa shape index (κ1) is 70.8. The number of nitrogens with one attached hydrogen (secondary N) is 4. The zero-order valence-corrected chi connectivity index (χ0v) is 61.1. The Morgan fingerprint density at radius 3 is 1.22 bits per heavy atom. The third-order valence-corrected chi connectivity index (χ3v) is 23.1. The molecule has 0 saturated carbocycles. The van der Waals surface area contributed by atoms with Gasteiger partial charge in [-0.1, -0.05) is 71.2 Å². The van der Waals surface area contributed by atoms with E-state index in [1.165, 1.54) is 75.7 Å². The summed E-state index contributed by atoms with van der Waals surface area (Å²) in [6.07, 6.45) is 3.45. The van der Waals surface area contributed by atoms with Crippen LogP contribution in [0, 0.1) is 18.6 Å². The lowest BCUT2D eigenvalue weighted by molar-refractivity contribution is 0.102. The Balaban J connectivity index is 0.000000122. The Hall–Kier alpha value is -10.6. The predicted octanol–water partition coefficient (Wildman–Crippen LogP) is 21.3. The van der Waals surface area contributed by atoms with E-state index in [4.69, 9.17) is 57.7 Å². The number of rotatable bonds is 12. The third-order valence-electron chi connectivity index (χ3n) is 15.2. The molecular weight excluding hydrogens is 1500 g/mol. The number of hydrogen-bond donors (Lipinski definition) is 8. The fourth-order valence-corrected chi connectivity index (χ4v) is 16.8. The van der Waals surface area contributed by atoms with Crippen molar-refractivity contribution >= 4 is 224 Å². The molecular formula is C74H50Cl3F2N13O4S7. The van der Waals surface area contributed by atoms with Crippen LogP contribution in [0.3, 0.4) is 0 Å². The molecule has 0 spiro atoms. The van der Waals surface area contributed by atoms with E-state index in [9.17, 15) is 28.0 Å². The van der Waals surface area contributed by atoms with Gasteiger partial charge in [0.25, 0.3) is 23.6 Å². The minimum atomic E-state index is -0.608. The van der Waals surface area contributed by atoms with Gasteiger partial charge in [-0.2, -0.15) is 0 Å². The highest BCUT2D eigenvalue weighted by atomic mass is 35.5. The van der Waals surface area contributed by atoms with Gasteiger partial charge < -0.3 is 44.2 Å². The molecule has 103 heavy (non-hydrogen) atoms. The van der Waals surface area contributed by atoms with E-state index in [-0.39, 0.29) is 28.4 Å². The zero-order chi connectivity index (χ0) is 72.0. The van der Waals surface area contributed by atoms with Gasteiger partial charge in [0.2, 0.25) is 0 Å². The van der Waals surface area contributed by atoms with E-state index in [1.807, 2.05) is 144 Å². The molecule has 29 heteroatoms. The highest BCUT2D eigenvalue weighted by Crippen LogP contribution is 2.41. The normalized spacial score (nSPS) is 10.9. The molecule has 16 aromatic rings. The number of halogens is 5. The number of aryl methyl sites for hydroxylation is 1. The number of nitrogen functional groups attached to an aromatic ring is 4. The summed E-state index contributed by atoms with van der Waals surface area (Å²) < 4.78 is 27.2. The summed E-state index contributed by atoms with van der Waals surface area (Å²) in [6.45, 7) is 1.98. The monoisotopic (exact) mass is 1550 g/mol. The average Bonchev–Trinajstić information content (AvgIpc) is 1.66. The summed E-state index contributed by atoms with van der Waals surface area (Å²) in [4.78, 5) is 80.4. The molecule has 0 saturated heterocycles. The zero-order valence-electron chi connectivity index (χ0n) is 53.1. The first-order chi connectivity index (χ1) is 49.8. The Kier molecular flexibility index (Phi) is 21.5. The van der Waals surface area contributed by atoms with Crippen molar-refractivity contribution in [2.24, 2.45) is 0 Å². The number of carbonyl (C=O) groups excluding carboxylic acids is 4. The van der Waals surface area contributed by atoms with Crippen molar-refractivity contribution in [2.45, 2.75) is 6.92 Å². The molecule has 0 aliphatic rings. The van der Waals surface area contributed by atoms with Crippen molar-refractivity contribution in [3.05, 3.63) is 262 Å². The second-order valence-electron chi connectivity index (χ2n) is 22.2. The van der Waals surface area contributed by atoms with Crippen molar-refractivity contribution in [1.29, 1.82) is 0 Å². The highest BCUT2D eigenvalue weighted by molar-refractivity contribution is 7.22. The summed E-state index contributed by atoms with van der Waals surface area (Å²) in [5, 5.41) is 21.0. The van der Waals surface area contributed by atoms with Crippen LogP contribution in [0.25, 0.3) is 83.8 Å². The first-order valence-corrected chi connectivity index (χ1v) is 37.6. The number of thiophene rings is 7. The van der Waals surface area contributed by atoms with Gasteiger partial charge in [0.05, 0.1) is 76.6 Å². The van der Waals surface area contributed by atoms with E-state index >= 15 is 0 Å². The molecule has 12 N–H and O–H groups in total. The summed E-state index contributed by atoms with van der Waals surface area (Å²) in [6, 6.07) is 53.1. The van der Waals surface area contributed by atoms with E-state index in [2.05, 4.69) is 46.2 Å². The van der Waals surface area contributed by atoms with Crippen molar-refractivity contribution in [2.75, 3.05) is 44.2 Å². The Morgan fingerprint density at radius 1 is 0.398 bits per heavy atom. The van der Waals surface area contributed by atoms with Gasteiger partial charge in [-0.25, -0.2) is 28.7 Å². The van der Waals surface area contributed by atoms with Crippen LogP contribution in [0.5, 0.6) is 0 Å². The molecule has 12 heterocycles. The molecule has 4 aromatic carbocycles. The SMILES string of the molecule is Cc1cccc(NC(=O)c2sc3nc(-c4ccncc4)ccc3c2N)c1.Nc1c(C(=O)Nc2cc(Cl)ccc2Cl)sc2nc(-c3cccs3)ccc12.Nc1c(C(=O)Nc2ccc(Cl)cc2F)sc2nc(-c3cccs3)ccc12.Nc1c(C(=O)Nc2cccc(F)c2)sc2nc(-c3cccs3)ccc12. The second kappa shape index (κ2) is 31.3. The fourth-order valence-electron chi connectivity index (χ4n) is 10.2. The lowest BCUT2D eigenvalue weighted by Gasteiger charge is -2.07. The van der Waals surface area contributed by atoms with Crippen LogP contribution in [0.2, 0.25) is 15.1 Å². The minimum absolute atomic E-state index is 0.0449. The van der Waals surface area contributed by atoms with Gasteiger partial charge >= 0.3 is 0 Å². The van der Waals surface area contributed by atoms with Gasteiger partial charge in [-0.15, -0.1) is 79.4 Å². The molecule has 0 radical (unpaired) electrons. The maximum absolute atomic E-state index is 13.9. The number of nitrogens with two attached hydrogens (primary N) is 4. The molecule has 0 fully saturated rings. The fraction of sp³-hybridized carbons (Fsp3) is 0.0135. The molecule has 0 unspecified atom stereocenters. The summed E-state index contributed by atoms with van der Waals surface area (Å²) in [5.41, 5.74) is 33.3. The van der Waals surface area contributed by atoms with Gasteiger partial charge in [-0.05, 0) is 174 Å². The van der Waals surface area contributed by atoms with Gasteiger partial charge in [-0.3, -0.25) is 24.2 Å². The maximum atomic E-state index is 13.9. The number of fused-ring (bicyclic) bond motifs is 4. The number of carbonyl (C=O) groups is 4. The standard InChI is InChI=1S/C20H16N4OS.C18H11Cl2N3OS2.C18H11ClFN3OS2.C18H12FN3OS2/c1-12-3-2-4-14(11-12)23-19(25)18-17(21)15-5-6-16(24-20(15)26-18)13-7-9-22-10-8-13;19-9-3-5-11(20)13(8-9)22-17(24)16-15(21)10-4-6-12(23-18(10)26-16)14-2-1-7-25-14;19-9-3-5-12(11(20)8-9)22-17(24)16-15(21)10-4-6-13(23-18(10)26-16)14-2-1-7-25-14;19-10-3-1-4-11(9-10)21-17(23)16-15(20)12-6-7-13(22-18(12)25-16)14-5-2-8-24-14/h2-11H,21H2,1H3,(H,23,25);2*1-8H,21H2,(H,22,24);1-9H,20H2,(H,21,23). The van der Waals surface area contributed by atoms with Gasteiger partial charge in [0, 0.05) is 60.9 Å². The number of amides is 4. The smallest absolute Gasteiger partial charge is 0.268 e. The minimum Gasteiger partial charge on any atom is -0.397 e. The number of nitrogens with zero attached hydrogens (tertiary/aromatic N) is 5. The second-order valence-corrected chi connectivity index (χ2v) is 30.3. The summed E-state index contributed by atoms with van der Waals surface area (Å²) >= 11 is 27.6. The molecule has 17 nitrogen and oxygen atoms in total. The van der Waals surface area contributed by atoms with E-state index in [0.717, 1.165) is 86.1 Å².